The molecule has 0 bridgehead atoms. The average molecular weight is 236 g/mol. The van der Waals surface area contributed by atoms with Crippen LogP contribution in [-0.4, -0.2) is 29.5 Å². The fraction of sp³-hybridized carbons (Fsp3) is 0.273. The molecule has 0 radical (unpaired) electrons. The van der Waals surface area contributed by atoms with Crippen LogP contribution in [0.15, 0.2) is 22.7 Å². The van der Waals surface area contributed by atoms with Crippen molar-refractivity contribution in [1.82, 2.24) is 10.1 Å². The van der Waals surface area contributed by atoms with Crippen LogP contribution in [0.4, 0.5) is 0 Å². The zero-order valence-corrected chi connectivity index (χ0v) is 9.51. The van der Waals surface area contributed by atoms with E-state index in [0.717, 1.165) is 0 Å². The summed E-state index contributed by atoms with van der Waals surface area (Å²) in [5, 5.41) is 12.6. The van der Waals surface area contributed by atoms with E-state index in [4.69, 9.17) is 19.1 Å². The van der Waals surface area contributed by atoms with Gasteiger partial charge in [-0.2, -0.15) is 4.98 Å². The third-order valence-electron chi connectivity index (χ3n) is 2.21. The fourth-order valence-electron chi connectivity index (χ4n) is 1.37. The predicted octanol–water partition coefficient (Wildman–Crippen LogP) is 1.25. The van der Waals surface area contributed by atoms with Crippen LogP contribution in [0.1, 0.15) is 5.89 Å². The van der Waals surface area contributed by atoms with Crippen LogP contribution in [0.25, 0.3) is 11.4 Å². The van der Waals surface area contributed by atoms with Crippen molar-refractivity contribution in [2.75, 3.05) is 14.2 Å². The maximum Gasteiger partial charge on any atom is 0.252 e. The van der Waals surface area contributed by atoms with Gasteiger partial charge >= 0.3 is 0 Å². The highest BCUT2D eigenvalue weighted by Gasteiger charge is 2.10. The first kappa shape index (κ1) is 11.4. The van der Waals surface area contributed by atoms with Crippen molar-refractivity contribution in [3.05, 3.63) is 24.1 Å². The van der Waals surface area contributed by atoms with Crippen molar-refractivity contribution in [3.63, 3.8) is 0 Å². The third kappa shape index (κ3) is 2.36. The van der Waals surface area contributed by atoms with Crippen LogP contribution >= 0.6 is 0 Å². The third-order valence-corrected chi connectivity index (χ3v) is 2.21. The Labute approximate surface area is 97.8 Å². The minimum absolute atomic E-state index is 0.168. The van der Waals surface area contributed by atoms with E-state index >= 15 is 0 Å². The Hall–Kier alpha value is -2.08. The summed E-state index contributed by atoms with van der Waals surface area (Å²) in [6.07, 6.45) is 0. The molecule has 6 heteroatoms. The highest BCUT2D eigenvalue weighted by Crippen LogP contribution is 2.28. The van der Waals surface area contributed by atoms with Crippen LogP contribution in [0.5, 0.6) is 11.5 Å². The summed E-state index contributed by atoms with van der Waals surface area (Å²) in [6.45, 7) is -0.284. The van der Waals surface area contributed by atoms with Crippen molar-refractivity contribution in [2.45, 2.75) is 6.61 Å². The van der Waals surface area contributed by atoms with E-state index in [1.807, 2.05) is 0 Å². The highest BCUT2D eigenvalue weighted by atomic mass is 16.5. The largest absolute Gasteiger partial charge is 0.497 e. The van der Waals surface area contributed by atoms with Crippen LogP contribution in [-0.2, 0) is 6.61 Å². The number of rotatable bonds is 4. The van der Waals surface area contributed by atoms with Crippen molar-refractivity contribution in [1.29, 1.82) is 0 Å². The average Bonchev–Trinajstić information content (AvgIpc) is 2.86. The second-order valence-electron chi connectivity index (χ2n) is 3.27. The normalized spacial score (nSPS) is 10.3. The molecule has 0 spiro atoms. The standard InChI is InChI=1S/C11H12N2O4/c1-15-8-3-7(4-9(5-8)16-2)11-12-10(6-14)17-13-11/h3-5,14H,6H2,1-2H3. The van der Waals surface area contributed by atoms with Gasteiger partial charge in [-0.05, 0) is 12.1 Å². The number of benzene rings is 1. The SMILES string of the molecule is COc1cc(OC)cc(-c2noc(CO)n2)c1. The number of methoxy groups -OCH3 is 2. The van der Waals surface area contributed by atoms with E-state index in [2.05, 4.69) is 10.1 Å². The molecule has 2 aromatic rings. The molecule has 1 heterocycles. The van der Waals surface area contributed by atoms with Crippen molar-refractivity contribution in [2.24, 2.45) is 0 Å². The van der Waals surface area contributed by atoms with Gasteiger partial charge in [-0.25, -0.2) is 0 Å². The summed E-state index contributed by atoms with van der Waals surface area (Å²) in [6, 6.07) is 5.26. The first-order valence-corrected chi connectivity index (χ1v) is 4.93. The molecule has 90 valence electrons. The summed E-state index contributed by atoms with van der Waals surface area (Å²) < 4.78 is 15.1. The summed E-state index contributed by atoms with van der Waals surface area (Å²) in [4.78, 5) is 4.01. The maximum atomic E-state index is 8.85. The molecular weight excluding hydrogens is 224 g/mol. The van der Waals surface area contributed by atoms with E-state index in [1.54, 1.807) is 32.4 Å². The molecule has 0 aliphatic carbocycles. The Morgan fingerprint density at radius 2 is 1.82 bits per heavy atom. The Kier molecular flexibility index (Phi) is 3.24. The van der Waals surface area contributed by atoms with E-state index < -0.39 is 0 Å². The van der Waals surface area contributed by atoms with E-state index in [9.17, 15) is 0 Å². The van der Waals surface area contributed by atoms with E-state index in [1.165, 1.54) is 0 Å². The van der Waals surface area contributed by atoms with Crippen LogP contribution in [0.3, 0.4) is 0 Å². The lowest BCUT2D eigenvalue weighted by molar-refractivity contribution is 0.222. The smallest absolute Gasteiger partial charge is 0.252 e. The Bertz CT molecular complexity index is 488. The number of aliphatic hydroxyl groups excluding tert-OH is 1. The maximum absolute atomic E-state index is 8.85. The molecule has 0 atom stereocenters. The van der Waals surface area contributed by atoms with Crippen molar-refractivity contribution < 1.29 is 19.1 Å². The monoisotopic (exact) mass is 236 g/mol. The van der Waals surface area contributed by atoms with Gasteiger partial charge in [-0.1, -0.05) is 5.16 Å². The predicted molar refractivity (Wildman–Crippen MR) is 58.8 cm³/mol. The van der Waals surface area contributed by atoms with Gasteiger partial charge in [-0.3, -0.25) is 0 Å². The number of nitrogens with zero attached hydrogens (tertiary/aromatic N) is 2. The number of ether oxygens (including phenoxy) is 2. The summed E-state index contributed by atoms with van der Waals surface area (Å²) in [7, 11) is 3.13. The molecule has 1 N–H and O–H groups in total. The molecule has 1 aromatic carbocycles. The first-order chi connectivity index (χ1) is 8.26. The Balaban J connectivity index is 2.43. The zero-order valence-electron chi connectivity index (χ0n) is 9.51. The molecule has 0 aliphatic heterocycles. The molecule has 6 nitrogen and oxygen atoms in total. The van der Waals surface area contributed by atoms with Gasteiger partial charge in [0, 0.05) is 11.6 Å². The molecule has 2 rings (SSSR count). The first-order valence-electron chi connectivity index (χ1n) is 4.93. The van der Waals surface area contributed by atoms with E-state index in [-0.39, 0.29) is 12.5 Å². The lowest BCUT2D eigenvalue weighted by Crippen LogP contribution is -1.90. The van der Waals surface area contributed by atoms with Crippen molar-refractivity contribution in [3.8, 4) is 22.9 Å². The fourth-order valence-corrected chi connectivity index (χ4v) is 1.37. The van der Waals surface area contributed by atoms with Gasteiger partial charge in [-0.15, -0.1) is 0 Å². The molecule has 1 aromatic heterocycles. The summed E-state index contributed by atoms with van der Waals surface area (Å²) in [5.41, 5.74) is 0.699. The van der Waals surface area contributed by atoms with E-state index in [0.29, 0.717) is 22.9 Å². The lowest BCUT2D eigenvalue weighted by Gasteiger charge is -2.05. The van der Waals surface area contributed by atoms with Gasteiger partial charge in [0.15, 0.2) is 0 Å². The topological polar surface area (TPSA) is 77.6 Å². The summed E-state index contributed by atoms with van der Waals surface area (Å²) >= 11 is 0. The van der Waals surface area contributed by atoms with Gasteiger partial charge in [0.2, 0.25) is 5.82 Å². The molecule has 0 saturated heterocycles. The molecule has 0 aliphatic rings. The Morgan fingerprint density at radius 3 is 2.29 bits per heavy atom. The van der Waals surface area contributed by atoms with Gasteiger partial charge < -0.3 is 19.1 Å². The second kappa shape index (κ2) is 4.84. The highest BCUT2D eigenvalue weighted by molar-refractivity contribution is 5.60. The molecular formula is C11H12N2O4. The number of hydrogen-bond donors (Lipinski definition) is 1. The molecule has 0 unspecified atom stereocenters. The van der Waals surface area contributed by atoms with Gasteiger partial charge in [0.05, 0.1) is 14.2 Å². The van der Waals surface area contributed by atoms with Gasteiger partial charge in [0.25, 0.3) is 5.89 Å². The quantitative estimate of drug-likeness (QED) is 0.860. The van der Waals surface area contributed by atoms with Crippen LogP contribution in [0, 0.1) is 0 Å². The molecule has 0 saturated carbocycles. The minimum Gasteiger partial charge on any atom is -0.497 e. The number of aliphatic hydroxyl groups is 1. The lowest BCUT2D eigenvalue weighted by atomic mass is 10.2. The molecule has 0 fully saturated rings. The minimum atomic E-state index is -0.284. The Morgan fingerprint density at radius 1 is 1.18 bits per heavy atom. The van der Waals surface area contributed by atoms with Crippen LogP contribution < -0.4 is 9.47 Å². The number of aromatic nitrogens is 2. The second-order valence-corrected chi connectivity index (χ2v) is 3.27. The molecule has 17 heavy (non-hydrogen) atoms. The van der Waals surface area contributed by atoms with Crippen molar-refractivity contribution >= 4 is 0 Å². The van der Waals surface area contributed by atoms with Crippen LogP contribution in [0.2, 0.25) is 0 Å². The summed E-state index contributed by atoms with van der Waals surface area (Å²) in [5.74, 6) is 1.82. The zero-order chi connectivity index (χ0) is 12.3. The molecule has 0 amide bonds. The number of hydrogen-bond acceptors (Lipinski definition) is 6. The van der Waals surface area contributed by atoms with Gasteiger partial charge in [0.1, 0.15) is 18.1 Å².